The van der Waals surface area contributed by atoms with Crippen LogP contribution in [0.2, 0.25) is 0 Å². The first-order valence-electron chi connectivity index (χ1n) is 5.81. The Morgan fingerprint density at radius 1 is 1.59 bits per heavy atom. The van der Waals surface area contributed by atoms with E-state index in [-0.39, 0.29) is 12.0 Å². The number of rotatable bonds is 7. The Hall–Kier alpha value is -1.54. The van der Waals surface area contributed by atoms with Crippen molar-refractivity contribution in [2.24, 2.45) is 5.41 Å². The number of nitrogens with one attached hydrogen (secondary N) is 1. The van der Waals surface area contributed by atoms with Gasteiger partial charge in [0.1, 0.15) is 0 Å². The average molecular weight is 236 g/mol. The lowest BCUT2D eigenvalue weighted by Crippen LogP contribution is -2.22. The van der Waals surface area contributed by atoms with E-state index in [4.69, 9.17) is 10.4 Å². The van der Waals surface area contributed by atoms with Crippen LogP contribution in [0, 0.1) is 16.7 Å². The fourth-order valence-corrected chi connectivity index (χ4v) is 1.50. The fourth-order valence-electron chi connectivity index (χ4n) is 1.50. The van der Waals surface area contributed by atoms with Crippen molar-refractivity contribution in [3.8, 4) is 6.07 Å². The Kier molecular flexibility index (Phi) is 4.98. The topological polar surface area (TPSA) is 73.9 Å². The highest BCUT2D eigenvalue weighted by molar-refractivity contribution is 5.38. The lowest BCUT2D eigenvalue weighted by Gasteiger charge is -2.23. The molecule has 0 unspecified atom stereocenters. The highest BCUT2D eigenvalue weighted by atomic mass is 16.3. The molecule has 0 saturated carbocycles. The van der Waals surface area contributed by atoms with Crippen molar-refractivity contribution in [2.45, 2.75) is 33.2 Å². The summed E-state index contributed by atoms with van der Waals surface area (Å²) in [5.41, 5.74) is 1.04. The smallest absolute Gasteiger partial charge is 0.0726 e. The zero-order chi connectivity index (χ0) is 12.7. The molecule has 17 heavy (non-hydrogen) atoms. The standard InChI is InChI=1S/C12H20N4O/c1-12(2,4-3-5-13)10-14-11-8-15-16(9-11)6-7-17/h8-9,14,17H,3-4,6-7,10H2,1-2H3. The summed E-state index contributed by atoms with van der Waals surface area (Å²) in [6.07, 6.45) is 5.08. The molecule has 0 spiro atoms. The lowest BCUT2D eigenvalue weighted by molar-refractivity contribution is 0.269. The maximum absolute atomic E-state index is 8.77. The van der Waals surface area contributed by atoms with Crippen molar-refractivity contribution < 1.29 is 5.11 Å². The lowest BCUT2D eigenvalue weighted by atomic mass is 9.88. The van der Waals surface area contributed by atoms with Crippen LogP contribution >= 0.6 is 0 Å². The Bertz CT molecular complexity index is 378. The predicted molar refractivity (Wildman–Crippen MR) is 66.4 cm³/mol. The van der Waals surface area contributed by atoms with Crippen LogP contribution in [0.15, 0.2) is 12.4 Å². The number of hydrogen-bond donors (Lipinski definition) is 2. The van der Waals surface area contributed by atoms with Gasteiger partial charge in [0.05, 0.1) is 31.1 Å². The van der Waals surface area contributed by atoms with Gasteiger partial charge in [0.25, 0.3) is 0 Å². The van der Waals surface area contributed by atoms with E-state index in [9.17, 15) is 0 Å². The van der Waals surface area contributed by atoms with E-state index in [2.05, 4.69) is 30.3 Å². The van der Waals surface area contributed by atoms with Crippen LogP contribution in [0.25, 0.3) is 0 Å². The summed E-state index contributed by atoms with van der Waals surface area (Å²) in [6, 6.07) is 2.17. The second kappa shape index (κ2) is 6.26. The maximum atomic E-state index is 8.77. The normalized spacial score (nSPS) is 11.2. The molecule has 0 radical (unpaired) electrons. The highest BCUT2D eigenvalue weighted by Gasteiger charge is 2.17. The van der Waals surface area contributed by atoms with Gasteiger partial charge in [-0.3, -0.25) is 4.68 Å². The third-order valence-electron chi connectivity index (χ3n) is 2.65. The summed E-state index contributed by atoms with van der Waals surface area (Å²) in [5, 5.41) is 24.8. The summed E-state index contributed by atoms with van der Waals surface area (Å²) in [4.78, 5) is 0. The monoisotopic (exact) mass is 236 g/mol. The molecule has 2 N–H and O–H groups in total. The van der Waals surface area contributed by atoms with Gasteiger partial charge in [-0.25, -0.2) is 0 Å². The van der Waals surface area contributed by atoms with E-state index >= 15 is 0 Å². The molecule has 0 aliphatic heterocycles. The minimum Gasteiger partial charge on any atom is -0.394 e. The zero-order valence-electron chi connectivity index (χ0n) is 10.5. The number of aliphatic hydroxyl groups excluding tert-OH is 1. The number of hydrogen-bond acceptors (Lipinski definition) is 4. The molecule has 1 aromatic heterocycles. The maximum Gasteiger partial charge on any atom is 0.0726 e. The highest BCUT2D eigenvalue weighted by Crippen LogP contribution is 2.22. The summed E-state index contributed by atoms with van der Waals surface area (Å²) >= 11 is 0. The quantitative estimate of drug-likeness (QED) is 0.754. The van der Waals surface area contributed by atoms with Gasteiger partial charge < -0.3 is 10.4 Å². The van der Waals surface area contributed by atoms with Crippen molar-refractivity contribution in [3.63, 3.8) is 0 Å². The van der Waals surface area contributed by atoms with Gasteiger partial charge in [0, 0.05) is 19.2 Å². The largest absolute Gasteiger partial charge is 0.394 e. The second-order valence-electron chi connectivity index (χ2n) is 4.89. The summed E-state index contributed by atoms with van der Waals surface area (Å²) in [5.74, 6) is 0. The van der Waals surface area contributed by atoms with Crippen LogP contribution in [-0.2, 0) is 6.54 Å². The van der Waals surface area contributed by atoms with Gasteiger partial charge in [-0.1, -0.05) is 13.8 Å². The van der Waals surface area contributed by atoms with E-state index < -0.39 is 0 Å². The van der Waals surface area contributed by atoms with Gasteiger partial charge in [-0.05, 0) is 11.8 Å². The van der Waals surface area contributed by atoms with Crippen molar-refractivity contribution in [1.82, 2.24) is 9.78 Å². The van der Waals surface area contributed by atoms with Crippen LogP contribution in [0.1, 0.15) is 26.7 Å². The Morgan fingerprint density at radius 3 is 3.00 bits per heavy atom. The molecule has 5 heteroatoms. The minimum absolute atomic E-state index is 0.0920. The molecular weight excluding hydrogens is 216 g/mol. The number of aliphatic hydroxyl groups is 1. The predicted octanol–water partition coefficient (Wildman–Crippen LogP) is 1.62. The molecule has 1 rings (SSSR count). The van der Waals surface area contributed by atoms with E-state index in [1.54, 1.807) is 10.9 Å². The molecule has 0 saturated heterocycles. The summed E-state index contributed by atoms with van der Waals surface area (Å²) < 4.78 is 1.70. The van der Waals surface area contributed by atoms with Gasteiger partial charge in [0.15, 0.2) is 0 Å². The molecule has 0 aromatic carbocycles. The van der Waals surface area contributed by atoms with Crippen LogP contribution < -0.4 is 5.32 Å². The molecule has 1 aromatic rings. The molecule has 0 atom stereocenters. The number of nitrogens with zero attached hydrogens (tertiary/aromatic N) is 3. The van der Waals surface area contributed by atoms with Gasteiger partial charge >= 0.3 is 0 Å². The first kappa shape index (κ1) is 13.5. The van der Waals surface area contributed by atoms with Crippen LogP contribution in [0.5, 0.6) is 0 Å². The Balaban J connectivity index is 2.41. The van der Waals surface area contributed by atoms with Gasteiger partial charge in [0.2, 0.25) is 0 Å². The van der Waals surface area contributed by atoms with Crippen molar-refractivity contribution in [2.75, 3.05) is 18.5 Å². The molecule has 5 nitrogen and oxygen atoms in total. The molecular formula is C12H20N4O. The Labute approximate surface area is 102 Å². The number of anilines is 1. The Morgan fingerprint density at radius 2 is 2.35 bits per heavy atom. The minimum atomic E-state index is 0.0920. The molecule has 0 aliphatic rings. The third kappa shape index (κ3) is 4.87. The van der Waals surface area contributed by atoms with Crippen molar-refractivity contribution in [3.05, 3.63) is 12.4 Å². The van der Waals surface area contributed by atoms with E-state index in [1.807, 2.05) is 6.20 Å². The second-order valence-corrected chi connectivity index (χ2v) is 4.89. The van der Waals surface area contributed by atoms with Crippen LogP contribution in [0.4, 0.5) is 5.69 Å². The van der Waals surface area contributed by atoms with Gasteiger partial charge in [-0.2, -0.15) is 10.4 Å². The number of aromatic nitrogens is 2. The fraction of sp³-hybridized carbons (Fsp3) is 0.667. The SMILES string of the molecule is CC(C)(CCC#N)CNc1cnn(CCO)c1. The van der Waals surface area contributed by atoms with Crippen LogP contribution in [0.3, 0.4) is 0 Å². The summed E-state index contributed by atoms with van der Waals surface area (Å²) in [7, 11) is 0. The van der Waals surface area contributed by atoms with Gasteiger partial charge in [-0.15, -0.1) is 0 Å². The molecule has 0 amide bonds. The first-order valence-corrected chi connectivity index (χ1v) is 5.81. The first-order chi connectivity index (χ1) is 8.07. The number of nitriles is 1. The molecule has 0 fully saturated rings. The van der Waals surface area contributed by atoms with E-state index in [1.165, 1.54) is 0 Å². The van der Waals surface area contributed by atoms with E-state index in [0.717, 1.165) is 18.7 Å². The van der Waals surface area contributed by atoms with Crippen LogP contribution in [-0.4, -0.2) is 28.0 Å². The molecule has 94 valence electrons. The molecule has 0 aliphatic carbocycles. The average Bonchev–Trinajstić information content (AvgIpc) is 2.73. The zero-order valence-corrected chi connectivity index (χ0v) is 10.5. The van der Waals surface area contributed by atoms with E-state index in [0.29, 0.717) is 13.0 Å². The van der Waals surface area contributed by atoms with Crippen molar-refractivity contribution >= 4 is 5.69 Å². The third-order valence-corrected chi connectivity index (χ3v) is 2.65. The van der Waals surface area contributed by atoms with Crippen molar-refractivity contribution in [1.29, 1.82) is 5.26 Å². The summed E-state index contributed by atoms with van der Waals surface area (Å²) in [6.45, 7) is 5.68. The molecule has 0 bridgehead atoms. The molecule has 1 heterocycles.